The fraction of sp³-hybridized carbons (Fsp3) is 0.400. The Morgan fingerprint density at radius 3 is 2.71 bits per heavy atom. The Bertz CT molecular complexity index is 377. The molecule has 0 aromatic carbocycles. The van der Waals surface area contributed by atoms with E-state index in [0.717, 1.165) is 11.4 Å². The highest BCUT2D eigenvalue weighted by Gasteiger charge is 2.01. The lowest BCUT2D eigenvalue weighted by molar-refractivity contribution is -0.112. The van der Waals surface area contributed by atoms with E-state index in [2.05, 4.69) is 5.10 Å². The molecule has 0 aliphatic carbocycles. The highest BCUT2D eigenvalue weighted by atomic mass is 16.1. The van der Waals surface area contributed by atoms with Gasteiger partial charge in [-0.1, -0.05) is 0 Å². The number of rotatable bonds is 3. The van der Waals surface area contributed by atoms with Crippen molar-refractivity contribution in [2.45, 2.75) is 27.3 Å². The molecule has 0 saturated carbocycles. The molecule has 1 aromatic rings. The van der Waals surface area contributed by atoms with E-state index in [1.54, 1.807) is 4.68 Å². The van der Waals surface area contributed by atoms with E-state index in [4.69, 9.17) is 5.73 Å². The summed E-state index contributed by atoms with van der Waals surface area (Å²) >= 11 is 0. The molecule has 0 aliphatic heterocycles. The normalized spacial score (nSPS) is 11.8. The Morgan fingerprint density at radius 2 is 2.29 bits per heavy atom. The van der Waals surface area contributed by atoms with Crippen LogP contribution in [0.25, 0.3) is 0 Å². The monoisotopic (exact) mass is 193 g/mol. The standard InChI is InChI=1S/C10H15N3O/c1-7-4-8(2)13(12-7)6-10(11)5-9(3)14/h4-5H,6,11H2,1-3H3. The highest BCUT2D eigenvalue weighted by molar-refractivity contribution is 5.87. The smallest absolute Gasteiger partial charge is 0.154 e. The van der Waals surface area contributed by atoms with Crippen LogP contribution >= 0.6 is 0 Å². The molecule has 0 aliphatic rings. The van der Waals surface area contributed by atoms with Gasteiger partial charge in [-0.3, -0.25) is 9.48 Å². The van der Waals surface area contributed by atoms with Gasteiger partial charge in [-0.2, -0.15) is 5.10 Å². The van der Waals surface area contributed by atoms with Gasteiger partial charge in [0.05, 0.1) is 12.2 Å². The summed E-state index contributed by atoms with van der Waals surface area (Å²) in [6, 6.07) is 1.97. The highest BCUT2D eigenvalue weighted by Crippen LogP contribution is 2.03. The summed E-state index contributed by atoms with van der Waals surface area (Å²) in [5, 5.41) is 4.24. The average Bonchev–Trinajstić information content (AvgIpc) is 2.28. The van der Waals surface area contributed by atoms with Crippen molar-refractivity contribution in [3.8, 4) is 0 Å². The van der Waals surface area contributed by atoms with Crippen molar-refractivity contribution >= 4 is 5.78 Å². The number of nitrogens with two attached hydrogens (primary N) is 1. The molecule has 0 saturated heterocycles. The van der Waals surface area contributed by atoms with Crippen LogP contribution in [0.3, 0.4) is 0 Å². The zero-order valence-corrected chi connectivity index (χ0v) is 8.74. The first-order valence-electron chi connectivity index (χ1n) is 4.46. The lowest BCUT2D eigenvalue weighted by atomic mass is 10.3. The zero-order valence-electron chi connectivity index (χ0n) is 8.74. The van der Waals surface area contributed by atoms with Gasteiger partial charge < -0.3 is 5.73 Å². The van der Waals surface area contributed by atoms with Crippen LogP contribution in [0.4, 0.5) is 0 Å². The van der Waals surface area contributed by atoms with E-state index in [-0.39, 0.29) is 5.78 Å². The molecule has 0 unspecified atom stereocenters. The number of carbonyl (C=O) groups is 1. The third kappa shape index (κ3) is 2.73. The first kappa shape index (κ1) is 10.5. The summed E-state index contributed by atoms with van der Waals surface area (Å²) in [5.74, 6) is -0.0379. The SMILES string of the molecule is CC(=O)C=C(N)Cn1nc(C)cc1C. The van der Waals surface area contributed by atoms with Crippen molar-refractivity contribution in [3.05, 3.63) is 29.2 Å². The van der Waals surface area contributed by atoms with Crippen LogP contribution in [0.5, 0.6) is 0 Å². The molecule has 1 aromatic heterocycles. The molecule has 0 fully saturated rings. The van der Waals surface area contributed by atoms with Gasteiger partial charge in [-0.05, 0) is 26.8 Å². The zero-order chi connectivity index (χ0) is 10.7. The van der Waals surface area contributed by atoms with Crippen LogP contribution in [0, 0.1) is 13.8 Å². The summed E-state index contributed by atoms with van der Waals surface area (Å²) in [7, 11) is 0. The van der Waals surface area contributed by atoms with Crippen LogP contribution < -0.4 is 5.73 Å². The second kappa shape index (κ2) is 4.09. The average molecular weight is 193 g/mol. The minimum Gasteiger partial charge on any atom is -0.400 e. The van der Waals surface area contributed by atoms with Gasteiger partial charge in [0.25, 0.3) is 0 Å². The number of aromatic nitrogens is 2. The predicted octanol–water partition coefficient (Wildman–Crippen LogP) is 0.932. The number of ketones is 1. The van der Waals surface area contributed by atoms with Crippen LogP contribution in [0.15, 0.2) is 17.8 Å². The molecule has 0 atom stereocenters. The van der Waals surface area contributed by atoms with Crippen molar-refractivity contribution in [1.29, 1.82) is 0 Å². The molecule has 0 bridgehead atoms. The van der Waals surface area contributed by atoms with Crippen molar-refractivity contribution in [3.63, 3.8) is 0 Å². The first-order chi connectivity index (χ1) is 6.49. The Morgan fingerprint density at radius 1 is 1.64 bits per heavy atom. The van der Waals surface area contributed by atoms with Gasteiger partial charge in [0.15, 0.2) is 5.78 Å². The number of hydrogen-bond donors (Lipinski definition) is 1. The van der Waals surface area contributed by atoms with Crippen LogP contribution in [-0.2, 0) is 11.3 Å². The molecule has 1 rings (SSSR count). The fourth-order valence-electron chi connectivity index (χ4n) is 1.31. The van der Waals surface area contributed by atoms with Crippen LogP contribution in [-0.4, -0.2) is 15.6 Å². The Balaban J connectivity index is 2.79. The molecular formula is C10H15N3O. The maximum absolute atomic E-state index is 10.7. The molecule has 4 heteroatoms. The summed E-state index contributed by atoms with van der Waals surface area (Å²) in [5.41, 5.74) is 8.20. The van der Waals surface area contributed by atoms with E-state index in [1.807, 2.05) is 19.9 Å². The Labute approximate surface area is 83.4 Å². The predicted molar refractivity (Wildman–Crippen MR) is 54.7 cm³/mol. The molecule has 0 amide bonds. The lowest BCUT2D eigenvalue weighted by Gasteiger charge is -2.03. The maximum atomic E-state index is 10.7. The first-order valence-corrected chi connectivity index (χ1v) is 4.46. The van der Waals surface area contributed by atoms with E-state index in [0.29, 0.717) is 12.2 Å². The molecule has 1 heterocycles. The van der Waals surface area contributed by atoms with Gasteiger partial charge in [-0.25, -0.2) is 0 Å². The Hall–Kier alpha value is -1.58. The number of allylic oxidation sites excluding steroid dienone is 2. The summed E-state index contributed by atoms with van der Waals surface area (Å²) in [6.45, 7) is 5.84. The summed E-state index contributed by atoms with van der Waals surface area (Å²) < 4.78 is 1.78. The molecule has 0 spiro atoms. The lowest BCUT2D eigenvalue weighted by Crippen LogP contribution is -2.12. The number of nitrogens with zero attached hydrogens (tertiary/aromatic N) is 2. The third-order valence-electron chi connectivity index (χ3n) is 1.82. The second-order valence-corrected chi connectivity index (χ2v) is 3.41. The van der Waals surface area contributed by atoms with Crippen molar-refractivity contribution in [2.24, 2.45) is 5.73 Å². The van der Waals surface area contributed by atoms with Gasteiger partial charge in [0.1, 0.15) is 0 Å². The van der Waals surface area contributed by atoms with E-state index in [9.17, 15) is 4.79 Å². The van der Waals surface area contributed by atoms with Crippen molar-refractivity contribution < 1.29 is 4.79 Å². The van der Waals surface area contributed by atoms with Crippen molar-refractivity contribution in [2.75, 3.05) is 0 Å². The summed E-state index contributed by atoms with van der Waals surface area (Å²) in [6.07, 6.45) is 1.43. The molecule has 14 heavy (non-hydrogen) atoms. The number of carbonyl (C=O) groups excluding carboxylic acids is 1. The largest absolute Gasteiger partial charge is 0.400 e. The minimum absolute atomic E-state index is 0.0379. The van der Waals surface area contributed by atoms with Crippen LogP contribution in [0.2, 0.25) is 0 Å². The van der Waals surface area contributed by atoms with E-state index < -0.39 is 0 Å². The molecule has 2 N–H and O–H groups in total. The number of aryl methyl sites for hydroxylation is 2. The topological polar surface area (TPSA) is 60.9 Å². The van der Waals surface area contributed by atoms with Gasteiger partial charge in [0, 0.05) is 17.5 Å². The fourth-order valence-corrected chi connectivity index (χ4v) is 1.31. The van der Waals surface area contributed by atoms with E-state index >= 15 is 0 Å². The van der Waals surface area contributed by atoms with Gasteiger partial charge >= 0.3 is 0 Å². The van der Waals surface area contributed by atoms with Gasteiger partial charge in [0.2, 0.25) is 0 Å². The van der Waals surface area contributed by atoms with E-state index in [1.165, 1.54) is 13.0 Å². The summed E-state index contributed by atoms with van der Waals surface area (Å²) in [4.78, 5) is 10.7. The quantitative estimate of drug-likeness (QED) is 0.726. The van der Waals surface area contributed by atoms with Crippen LogP contribution in [0.1, 0.15) is 18.3 Å². The van der Waals surface area contributed by atoms with Gasteiger partial charge in [-0.15, -0.1) is 0 Å². The molecular weight excluding hydrogens is 178 g/mol. The second-order valence-electron chi connectivity index (χ2n) is 3.41. The molecule has 76 valence electrons. The Kier molecular flexibility index (Phi) is 3.06. The van der Waals surface area contributed by atoms with Crippen molar-refractivity contribution in [1.82, 2.24) is 9.78 Å². The third-order valence-corrected chi connectivity index (χ3v) is 1.82. The number of hydrogen-bond acceptors (Lipinski definition) is 3. The minimum atomic E-state index is -0.0379. The molecule has 0 radical (unpaired) electrons. The maximum Gasteiger partial charge on any atom is 0.154 e. The molecule has 4 nitrogen and oxygen atoms in total.